The van der Waals surface area contributed by atoms with Gasteiger partial charge in [-0.05, 0) is 40.8 Å². The minimum absolute atomic E-state index is 0.126. The molecule has 0 fully saturated rings. The normalized spacial score (nSPS) is 11.8. The van der Waals surface area contributed by atoms with Gasteiger partial charge >= 0.3 is 0 Å². The molecule has 0 atom stereocenters. The monoisotopic (exact) mass is 248 g/mol. The van der Waals surface area contributed by atoms with Gasteiger partial charge in [0.1, 0.15) is 11.5 Å². The first-order chi connectivity index (χ1) is 9.16. The minimum atomic E-state index is 0.126. The third kappa shape index (κ3) is 1.21. The average molecular weight is 248 g/mol. The molecule has 0 aromatic heterocycles. The summed E-state index contributed by atoms with van der Waals surface area (Å²) in [6.45, 7) is 2.07. The Labute approximate surface area is 109 Å². The molecule has 0 saturated carbocycles. The zero-order valence-electron chi connectivity index (χ0n) is 10.4. The fourth-order valence-electron chi connectivity index (χ4n) is 3.01. The van der Waals surface area contributed by atoms with Crippen molar-refractivity contribution in [3.05, 3.63) is 48.0 Å². The van der Waals surface area contributed by atoms with Crippen molar-refractivity contribution in [2.45, 2.75) is 6.92 Å². The predicted molar refractivity (Wildman–Crippen MR) is 78.2 cm³/mol. The molecule has 2 heteroatoms. The molecule has 0 bridgehead atoms. The van der Waals surface area contributed by atoms with Gasteiger partial charge in [0.15, 0.2) is 0 Å². The Bertz CT molecular complexity index is 917. The highest BCUT2D eigenvalue weighted by molar-refractivity contribution is 6.25. The quantitative estimate of drug-likeness (QED) is 0.455. The topological polar surface area (TPSA) is 40.5 Å². The fourth-order valence-corrected chi connectivity index (χ4v) is 3.01. The molecule has 0 amide bonds. The van der Waals surface area contributed by atoms with Gasteiger partial charge in [0.2, 0.25) is 0 Å². The van der Waals surface area contributed by atoms with E-state index in [0.717, 1.165) is 26.9 Å². The summed E-state index contributed by atoms with van der Waals surface area (Å²) >= 11 is 0. The van der Waals surface area contributed by atoms with E-state index in [-0.39, 0.29) is 11.5 Å². The van der Waals surface area contributed by atoms with Crippen molar-refractivity contribution in [1.29, 1.82) is 0 Å². The Kier molecular flexibility index (Phi) is 1.81. The number of hydrogen-bond acceptors (Lipinski definition) is 2. The molecule has 4 rings (SSSR count). The summed E-state index contributed by atoms with van der Waals surface area (Å²) < 4.78 is 0. The molecule has 0 aliphatic rings. The summed E-state index contributed by atoms with van der Waals surface area (Å²) in [6, 6.07) is 13.5. The van der Waals surface area contributed by atoms with Gasteiger partial charge in [-0.1, -0.05) is 24.3 Å². The Morgan fingerprint density at radius 2 is 1.26 bits per heavy atom. The standard InChI is InChI=1S/C17H12O2/c1-9-2-3-10-4-5-12-14(18)8-15(19)13-7-6-11(9)16(10)17(12)13/h2-8,18-19H,1H3. The van der Waals surface area contributed by atoms with E-state index in [4.69, 9.17) is 0 Å². The highest BCUT2D eigenvalue weighted by atomic mass is 16.3. The number of aryl methyl sites for hydroxylation is 1. The molecule has 2 N–H and O–H groups in total. The lowest BCUT2D eigenvalue weighted by atomic mass is 9.91. The van der Waals surface area contributed by atoms with Crippen molar-refractivity contribution < 1.29 is 10.2 Å². The smallest absolute Gasteiger partial charge is 0.127 e. The first-order valence-corrected chi connectivity index (χ1v) is 6.26. The first-order valence-electron chi connectivity index (χ1n) is 6.26. The molecule has 0 heterocycles. The van der Waals surface area contributed by atoms with Crippen molar-refractivity contribution in [2.24, 2.45) is 0 Å². The van der Waals surface area contributed by atoms with Crippen LogP contribution in [0.2, 0.25) is 0 Å². The average Bonchev–Trinajstić information content (AvgIpc) is 2.41. The van der Waals surface area contributed by atoms with Crippen molar-refractivity contribution in [2.75, 3.05) is 0 Å². The molecular weight excluding hydrogens is 236 g/mol. The molecule has 92 valence electrons. The molecule has 0 unspecified atom stereocenters. The van der Waals surface area contributed by atoms with Gasteiger partial charge in [-0.3, -0.25) is 0 Å². The van der Waals surface area contributed by atoms with Gasteiger partial charge < -0.3 is 10.2 Å². The maximum atomic E-state index is 10.0. The summed E-state index contributed by atoms with van der Waals surface area (Å²) in [5, 5.41) is 26.0. The Morgan fingerprint density at radius 1 is 0.684 bits per heavy atom. The Morgan fingerprint density at radius 3 is 2.00 bits per heavy atom. The summed E-state index contributed by atoms with van der Waals surface area (Å²) in [6.07, 6.45) is 0. The Balaban J connectivity index is 2.47. The molecule has 0 saturated heterocycles. The number of hydrogen-bond donors (Lipinski definition) is 2. The maximum absolute atomic E-state index is 10.0. The maximum Gasteiger partial charge on any atom is 0.127 e. The lowest BCUT2D eigenvalue weighted by Gasteiger charge is -2.14. The predicted octanol–water partition coefficient (Wildman–Crippen LogP) is 4.30. The minimum Gasteiger partial charge on any atom is -0.507 e. The van der Waals surface area contributed by atoms with Gasteiger partial charge in [-0.15, -0.1) is 0 Å². The van der Waals surface area contributed by atoms with Crippen LogP contribution in [0.1, 0.15) is 5.56 Å². The third-order valence-electron chi connectivity index (χ3n) is 3.96. The van der Waals surface area contributed by atoms with E-state index in [1.54, 1.807) is 0 Å². The molecule has 0 spiro atoms. The van der Waals surface area contributed by atoms with Crippen LogP contribution < -0.4 is 0 Å². The van der Waals surface area contributed by atoms with Crippen molar-refractivity contribution in [3.8, 4) is 11.5 Å². The van der Waals surface area contributed by atoms with Crippen LogP contribution >= 0.6 is 0 Å². The summed E-state index contributed by atoms with van der Waals surface area (Å²) in [7, 11) is 0. The van der Waals surface area contributed by atoms with Crippen LogP contribution in [0, 0.1) is 6.92 Å². The number of phenols is 2. The molecule has 4 aromatic rings. The molecule has 0 radical (unpaired) electrons. The van der Waals surface area contributed by atoms with Crippen molar-refractivity contribution in [1.82, 2.24) is 0 Å². The number of rotatable bonds is 0. The van der Waals surface area contributed by atoms with Crippen molar-refractivity contribution >= 4 is 32.3 Å². The van der Waals surface area contributed by atoms with Crippen molar-refractivity contribution in [3.63, 3.8) is 0 Å². The van der Waals surface area contributed by atoms with E-state index in [2.05, 4.69) is 19.1 Å². The molecule has 19 heavy (non-hydrogen) atoms. The largest absolute Gasteiger partial charge is 0.507 e. The van der Waals surface area contributed by atoms with E-state index < -0.39 is 0 Å². The molecule has 4 aromatic carbocycles. The summed E-state index contributed by atoms with van der Waals surface area (Å²) in [5.74, 6) is 0.252. The van der Waals surface area contributed by atoms with Crippen LogP contribution in [-0.4, -0.2) is 10.2 Å². The lowest BCUT2D eigenvalue weighted by Crippen LogP contribution is -1.86. The SMILES string of the molecule is Cc1ccc2ccc3c(O)cc(O)c4ccc1c2c34. The molecule has 0 aliphatic heterocycles. The zero-order chi connectivity index (χ0) is 13.1. The van der Waals surface area contributed by atoms with E-state index >= 15 is 0 Å². The van der Waals surface area contributed by atoms with E-state index in [9.17, 15) is 10.2 Å². The van der Waals surface area contributed by atoms with Gasteiger partial charge in [0.05, 0.1) is 0 Å². The van der Waals surface area contributed by atoms with E-state index in [0.29, 0.717) is 0 Å². The number of benzene rings is 4. The van der Waals surface area contributed by atoms with Crippen LogP contribution in [0.5, 0.6) is 11.5 Å². The summed E-state index contributed by atoms with van der Waals surface area (Å²) in [5.41, 5.74) is 1.20. The fraction of sp³-hybridized carbons (Fsp3) is 0.0588. The van der Waals surface area contributed by atoms with Crippen LogP contribution in [0.3, 0.4) is 0 Å². The second-order valence-electron chi connectivity index (χ2n) is 5.04. The highest BCUT2D eigenvalue weighted by Crippen LogP contribution is 2.42. The molecular formula is C17H12O2. The van der Waals surface area contributed by atoms with Crippen LogP contribution in [0.25, 0.3) is 32.3 Å². The van der Waals surface area contributed by atoms with Gasteiger partial charge in [0, 0.05) is 22.2 Å². The first kappa shape index (κ1) is 10.4. The van der Waals surface area contributed by atoms with Crippen LogP contribution in [-0.2, 0) is 0 Å². The third-order valence-corrected chi connectivity index (χ3v) is 3.96. The van der Waals surface area contributed by atoms with Crippen LogP contribution in [0.4, 0.5) is 0 Å². The van der Waals surface area contributed by atoms with E-state index in [1.165, 1.54) is 17.0 Å². The van der Waals surface area contributed by atoms with Gasteiger partial charge in [-0.25, -0.2) is 0 Å². The van der Waals surface area contributed by atoms with Gasteiger partial charge in [0.25, 0.3) is 0 Å². The Hall–Kier alpha value is -2.48. The number of aromatic hydroxyl groups is 2. The highest BCUT2D eigenvalue weighted by Gasteiger charge is 2.14. The lowest BCUT2D eigenvalue weighted by molar-refractivity contribution is 0.458. The number of phenolic OH excluding ortho intramolecular Hbond substituents is 2. The summed E-state index contributed by atoms with van der Waals surface area (Å²) in [4.78, 5) is 0. The van der Waals surface area contributed by atoms with E-state index in [1.807, 2.05) is 24.3 Å². The zero-order valence-corrected chi connectivity index (χ0v) is 10.4. The van der Waals surface area contributed by atoms with Gasteiger partial charge in [-0.2, -0.15) is 0 Å². The second-order valence-corrected chi connectivity index (χ2v) is 5.04. The molecule has 0 aliphatic carbocycles. The second kappa shape index (κ2) is 3.29. The molecule has 2 nitrogen and oxygen atoms in total. The van der Waals surface area contributed by atoms with Crippen LogP contribution in [0.15, 0.2) is 42.5 Å².